The van der Waals surface area contributed by atoms with Crippen molar-refractivity contribution in [3.05, 3.63) is 71.8 Å². The Hall–Kier alpha value is -1.97. The van der Waals surface area contributed by atoms with Crippen LogP contribution in [0.5, 0.6) is 0 Å². The molecule has 0 saturated carbocycles. The summed E-state index contributed by atoms with van der Waals surface area (Å²) in [7, 11) is 0. The minimum atomic E-state index is -0.413. The Morgan fingerprint density at radius 2 is 1.65 bits per heavy atom. The zero-order chi connectivity index (χ0) is 16.1. The number of Topliss-reactive ketones (excluding diaryl/α,β-unsaturated/α-hetero) is 1. The monoisotopic (exact) mass is 310 g/mol. The van der Waals surface area contributed by atoms with Gasteiger partial charge in [0, 0.05) is 25.7 Å². The summed E-state index contributed by atoms with van der Waals surface area (Å²) in [5.41, 5.74) is 2.08. The van der Waals surface area contributed by atoms with Crippen LogP contribution in [0.4, 0.5) is 0 Å². The summed E-state index contributed by atoms with van der Waals surface area (Å²) in [5, 5.41) is 10.1. The first-order chi connectivity index (χ1) is 11.2. The zero-order valence-corrected chi connectivity index (χ0v) is 13.1. The van der Waals surface area contributed by atoms with Crippen molar-refractivity contribution in [2.24, 2.45) is 0 Å². The van der Waals surface area contributed by atoms with E-state index in [-0.39, 0.29) is 18.0 Å². The number of hydrogen-bond donors (Lipinski definition) is 1. The van der Waals surface area contributed by atoms with Crippen molar-refractivity contribution in [3.63, 3.8) is 0 Å². The third-order valence-corrected chi connectivity index (χ3v) is 4.25. The molecule has 1 saturated heterocycles. The van der Waals surface area contributed by atoms with Gasteiger partial charge in [0.1, 0.15) is 5.78 Å². The van der Waals surface area contributed by atoms with Gasteiger partial charge in [0.2, 0.25) is 0 Å². The lowest BCUT2D eigenvalue weighted by atomic mass is 9.93. The molecule has 3 atom stereocenters. The fourth-order valence-corrected chi connectivity index (χ4v) is 3.15. The standard InChI is InChI=1S/C20H22O3/c21-17(11-15-7-3-1-4-8-15)12-19-13-18(22)14-20(23-19)16-9-5-2-6-10-16/h1-10,18-20,22H,11-14H2/t18-,19-,20-/m0/s1. The first-order valence-corrected chi connectivity index (χ1v) is 8.15. The number of benzene rings is 2. The second-order valence-electron chi connectivity index (χ2n) is 6.19. The van der Waals surface area contributed by atoms with E-state index >= 15 is 0 Å². The van der Waals surface area contributed by atoms with Gasteiger partial charge in [-0.05, 0) is 11.1 Å². The number of carbonyl (C=O) groups is 1. The van der Waals surface area contributed by atoms with E-state index < -0.39 is 6.10 Å². The topological polar surface area (TPSA) is 46.5 Å². The van der Waals surface area contributed by atoms with Crippen molar-refractivity contribution in [2.45, 2.75) is 44.0 Å². The number of ether oxygens (including phenoxy) is 1. The molecule has 23 heavy (non-hydrogen) atoms. The minimum Gasteiger partial charge on any atom is -0.393 e. The van der Waals surface area contributed by atoms with Crippen LogP contribution >= 0.6 is 0 Å². The molecule has 3 rings (SSSR count). The molecule has 1 aliphatic heterocycles. The molecule has 0 bridgehead atoms. The second-order valence-corrected chi connectivity index (χ2v) is 6.19. The van der Waals surface area contributed by atoms with Crippen LogP contribution in [0.3, 0.4) is 0 Å². The van der Waals surface area contributed by atoms with Gasteiger partial charge in [0.05, 0.1) is 18.3 Å². The number of rotatable bonds is 5. The van der Waals surface area contributed by atoms with Crippen molar-refractivity contribution < 1.29 is 14.6 Å². The normalized spacial score (nSPS) is 24.3. The molecule has 0 aliphatic carbocycles. The third-order valence-electron chi connectivity index (χ3n) is 4.25. The summed E-state index contributed by atoms with van der Waals surface area (Å²) in [6.07, 6.45) is 1.15. The summed E-state index contributed by atoms with van der Waals surface area (Å²) in [6.45, 7) is 0. The Bertz CT molecular complexity index is 624. The molecule has 1 N–H and O–H groups in total. The molecule has 3 heteroatoms. The minimum absolute atomic E-state index is 0.130. The third kappa shape index (κ3) is 4.50. The van der Waals surface area contributed by atoms with Gasteiger partial charge in [0.15, 0.2) is 0 Å². The molecule has 1 fully saturated rings. The number of aliphatic hydroxyl groups is 1. The molecule has 0 unspecified atom stereocenters. The molecule has 2 aromatic carbocycles. The highest BCUT2D eigenvalue weighted by Crippen LogP contribution is 2.32. The van der Waals surface area contributed by atoms with Crippen molar-refractivity contribution in [3.8, 4) is 0 Å². The molecule has 3 nitrogen and oxygen atoms in total. The van der Waals surface area contributed by atoms with Crippen LogP contribution in [0.2, 0.25) is 0 Å². The molecule has 0 amide bonds. The maximum absolute atomic E-state index is 12.3. The molecule has 0 spiro atoms. The molecule has 120 valence electrons. The van der Waals surface area contributed by atoms with Crippen LogP contribution in [0.15, 0.2) is 60.7 Å². The Labute approximate surface area is 136 Å². The lowest BCUT2D eigenvalue weighted by molar-refractivity contribution is -0.130. The van der Waals surface area contributed by atoms with Gasteiger partial charge >= 0.3 is 0 Å². The van der Waals surface area contributed by atoms with E-state index in [0.29, 0.717) is 25.7 Å². The maximum atomic E-state index is 12.3. The van der Waals surface area contributed by atoms with Gasteiger partial charge in [0.25, 0.3) is 0 Å². The number of carbonyl (C=O) groups excluding carboxylic acids is 1. The molecule has 1 aliphatic rings. The molecule has 2 aromatic rings. The van der Waals surface area contributed by atoms with E-state index in [9.17, 15) is 9.90 Å². The van der Waals surface area contributed by atoms with E-state index in [1.54, 1.807) is 0 Å². The fourth-order valence-electron chi connectivity index (χ4n) is 3.15. The Balaban J connectivity index is 1.60. The number of hydrogen-bond acceptors (Lipinski definition) is 3. The average molecular weight is 310 g/mol. The van der Waals surface area contributed by atoms with Gasteiger partial charge in [-0.1, -0.05) is 60.7 Å². The van der Waals surface area contributed by atoms with Crippen molar-refractivity contribution in [1.82, 2.24) is 0 Å². The van der Waals surface area contributed by atoms with Crippen LogP contribution in [-0.2, 0) is 16.0 Å². The molecular formula is C20H22O3. The quantitative estimate of drug-likeness (QED) is 0.920. The number of aliphatic hydroxyl groups excluding tert-OH is 1. The van der Waals surface area contributed by atoms with Crippen molar-refractivity contribution >= 4 is 5.78 Å². The van der Waals surface area contributed by atoms with Gasteiger partial charge in [-0.25, -0.2) is 0 Å². The van der Waals surface area contributed by atoms with Crippen LogP contribution in [-0.4, -0.2) is 23.1 Å². The highest BCUT2D eigenvalue weighted by Gasteiger charge is 2.30. The molecular weight excluding hydrogens is 288 g/mol. The largest absolute Gasteiger partial charge is 0.393 e. The smallest absolute Gasteiger partial charge is 0.139 e. The lowest BCUT2D eigenvalue weighted by Gasteiger charge is -2.33. The Kier molecular flexibility index (Phi) is 5.21. The first-order valence-electron chi connectivity index (χ1n) is 8.15. The summed E-state index contributed by atoms with van der Waals surface area (Å²) >= 11 is 0. The van der Waals surface area contributed by atoms with E-state index in [4.69, 9.17) is 4.74 Å². The molecule has 1 heterocycles. The predicted octanol–water partition coefficient (Wildman–Crippen LogP) is 3.47. The van der Waals surface area contributed by atoms with E-state index in [1.165, 1.54) is 0 Å². The van der Waals surface area contributed by atoms with Gasteiger partial charge in [-0.2, -0.15) is 0 Å². The first kappa shape index (κ1) is 15.9. The molecule has 0 radical (unpaired) electrons. The highest BCUT2D eigenvalue weighted by molar-refractivity contribution is 5.81. The van der Waals surface area contributed by atoms with Gasteiger partial charge < -0.3 is 9.84 Å². The Morgan fingerprint density at radius 1 is 1.00 bits per heavy atom. The summed E-state index contributed by atoms with van der Waals surface area (Å²) in [6, 6.07) is 19.6. The SMILES string of the molecule is O=C(Cc1ccccc1)C[C@H]1C[C@H](O)C[C@@H](c2ccccc2)O1. The predicted molar refractivity (Wildman–Crippen MR) is 89.1 cm³/mol. The van der Waals surface area contributed by atoms with Crippen molar-refractivity contribution in [1.29, 1.82) is 0 Å². The van der Waals surface area contributed by atoms with Crippen LogP contribution < -0.4 is 0 Å². The van der Waals surface area contributed by atoms with Gasteiger partial charge in [-0.3, -0.25) is 4.79 Å². The maximum Gasteiger partial charge on any atom is 0.139 e. The molecule has 0 aromatic heterocycles. The van der Waals surface area contributed by atoms with Crippen LogP contribution in [0.25, 0.3) is 0 Å². The lowest BCUT2D eigenvalue weighted by Crippen LogP contribution is -2.33. The fraction of sp³-hybridized carbons (Fsp3) is 0.350. The summed E-state index contributed by atoms with van der Waals surface area (Å²) < 4.78 is 6.07. The second kappa shape index (κ2) is 7.53. The average Bonchev–Trinajstić information content (AvgIpc) is 2.56. The van der Waals surface area contributed by atoms with Crippen LogP contribution in [0.1, 0.15) is 36.5 Å². The number of ketones is 1. The summed E-state index contributed by atoms with van der Waals surface area (Å²) in [4.78, 5) is 12.3. The van der Waals surface area contributed by atoms with E-state index in [0.717, 1.165) is 11.1 Å². The van der Waals surface area contributed by atoms with E-state index in [2.05, 4.69) is 0 Å². The Morgan fingerprint density at radius 3 is 2.35 bits per heavy atom. The zero-order valence-electron chi connectivity index (χ0n) is 13.1. The van der Waals surface area contributed by atoms with Crippen molar-refractivity contribution in [2.75, 3.05) is 0 Å². The van der Waals surface area contributed by atoms with Gasteiger partial charge in [-0.15, -0.1) is 0 Å². The van der Waals surface area contributed by atoms with E-state index in [1.807, 2.05) is 60.7 Å². The summed E-state index contributed by atoms with van der Waals surface area (Å²) in [5.74, 6) is 0.155. The van der Waals surface area contributed by atoms with Crippen LogP contribution in [0, 0.1) is 0 Å². The highest BCUT2D eigenvalue weighted by atomic mass is 16.5.